The minimum Gasteiger partial charge on any atom is -0.490 e. The summed E-state index contributed by atoms with van der Waals surface area (Å²) in [4.78, 5) is 16.1. The molecule has 5 unspecified atom stereocenters. The molecule has 12 heteroatoms. The first kappa shape index (κ1) is 36.6. The van der Waals surface area contributed by atoms with E-state index in [0.29, 0.717) is 56.2 Å². The summed E-state index contributed by atoms with van der Waals surface area (Å²) >= 11 is 0. The number of ether oxygens (including phenoxy) is 1. The van der Waals surface area contributed by atoms with E-state index in [2.05, 4.69) is 11.5 Å². The molecule has 45 heavy (non-hydrogen) atoms. The van der Waals surface area contributed by atoms with Crippen LogP contribution in [-0.4, -0.2) is 41.8 Å². The SMILES string of the molecule is C1CC1.C=CC1=C(/C=C\CCC(C)C(=O)OF)CCC(C2C(C)CN(Cc3cc(C(F)(F)F)ccc3C(F)(F)F)CC2CO)O1. The summed E-state index contributed by atoms with van der Waals surface area (Å²) in [5.74, 6) is -1.62. The number of hydrogen-bond acceptors (Lipinski definition) is 5. The molecule has 2 fully saturated rings. The predicted molar refractivity (Wildman–Crippen MR) is 155 cm³/mol. The number of halogens is 7. The Kier molecular flexibility index (Phi) is 13.1. The van der Waals surface area contributed by atoms with Gasteiger partial charge in [0.15, 0.2) is 0 Å². The van der Waals surface area contributed by atoms with Crippen LogP contribution in [0.3, 0.4) is 0 Å². The number of benzene rings is 1. The molecule has 4 rings (SSSR count). The van der Waals surface area contributed by atoms with Gasteiger partial charge in [-0.3, -0.25) is 9.84 Å². The van der Waals surface area contributed by atoms with Crippen LogP contribution in [-0.2, 0) is 33.4 Å². The summed E-state index contributed by atoms with van der Waals surface area (Å²) in [6, 6.07) is 1.47. The largest absolute Gasteiger partial charge is 0.490 e. The molecule has 0 aromatic heterocycles. The fourth-order valence-corrected chi connectivity index (χ4v) is 6.02. The van der Waals surface area contributed by atoms with Crippen molar-refractivity contribution in [2.24, 2.45) is 23.7 Å². The highest BCUT2D eigenvalue weighted by Crippen LogP contribution is 2.41. The Labute approximate surface area is 259 Å². The van der Waals surface area contributed by atoms with Gasteiger partial charge < -0.3 is 9.84 Å². The molecule has 252 valence electrons. The Morgan fingerprint density at radius 3 is 2.40 bits per heavy atom. The fourth-order valence-electron chi connectivity index (χ4n) is 6.02. The highest BCUT2D eigenvalue weighted by molar-refractivity contribution is 5.71. The third-order valence-electron chi connectivity index (χ3n) is 8.43. The normalized spacial score (nSPS) is 24.8. The van der Waals surface area contributed by atoms with E-state index < -0.39 is 40.9 Å². The Hall–Kier alpha value is -2.86. The summed E-state index contributed by atoms with van der Waals surface area (Å²) in [5, 5.41) is 10.2. The molecular weight excluding hydrogens is 607 g/mol. The summed E-state index contributed by atoms with van der Waals surface area (Å²) in [7, 11) is 0. The number of nitrogens with zero attached hydrogens (tertiary/aromatic N) is 1. The van der Waals surface area contributed by atoms with Gasteiger partial charge in [-0.25, -0.2) is 4.79 Å². The fraction of sp³-hybridized carbons (Fsp3) is 0.606. The quantitative estimate of drug-likeness (QED) is 0.258. The highest BCUT2D eigenvalue weighted by Gasteiger charge is 2.43. The summed E-state index contributed by atoms with van der Waals surface area (Å²) in [6.45, 7) is 7.19. The maximum atomic E-state index is 13.6. The van der Waals surface area contributed by atoms with Crippen LogP contribution in [0.2, 0.25) is 0 Å². The van der Waals surface area contributed by atoms with Crippen molar-refractivity contribution in [3.63, 3.8) is 0 Å². The van der Waals surface area contributed by atoms with Crippen LogP contribution in [0.15, 0.2) is 54.3 Å². The van der Waals surface area contributed by atoms with E-state index in [0.717, 1.165) is 5.57 Å². The smallest absolute Gasteiger partial charge is 0.416 e. The molecule has 1 aliphatic carbocycles. The van der Waals surface area contributed by atoms with E-state index in [1.807, 2.05) is 19.1 Å². The third kappa shape index (κ3) is 10.6. The number of carbonyl (C=O) groups excluding carboxylic acids is 1. The minimum absolute atomic E-state index is 0.138. The van der Waals surface area contributed by atoms with Crippen molar-refractivity contribution >= 4 is 5.97 Å². The van der Waals surface area contributed by atoms with Crippen molar-refractivity contribution in [2.75, 3.05) is 19.7 Å². The molecule has 2 aliphatic heterocycles. The van der Waals surface area contributed by atoms with E-state index in [1.54, 1.807) is 17.9 Å². The number of carbonyl (C=O) groups is 1. The molecule has 1 saturated carbocycles. The van der Waals surface area contributed by atoms with Gasteiger partial charge in [-0.1, -0.05) is 51.8 Å². The number of rotatable bonds is 10. The Morgan fingerprint density at radius 1 is 1.16 bits per heavy atom. The maximum absolute atomic E-state index is 13.6. The maximum Gasteiger partial charge on any atom is 0.416 e. The van der Waals surface area contributed by atoms with Crippen molar-refractivity contribution in [2.45, 2.75) is 83.8 Å². The molecule has 1 aromatic rings. The molecule has 0 bridgehead atoms. The lowest BCUT2D eigenvalue weighted by Crippen LogP contribution is -2.51. The van der Waals surface area contributed by atoms with Gasteiger partial charge in [0.2, 0.25) is 0 Å². The van der Waals surface area contributed by atoms with Gasteiger partial charge in [0, 0.05) is 42.6 Å². The van der Waals surface area contributed by atoms with Crippen molar-refractivity contribution < 1.29 is 50.4 Å². The van der Waals surface area contributed by atoms with Gasteiger partial charge in [0.05, 0.1) is 17.0 Å². The molecule has 3 aliphatic rings. The lowest BCUT2D eigenvalue weighted by Gasteiger charge is -2.46. The molecule has 0 amide bonds. The van der Waals surface area contributed by atoms with E-state index in [1.165, 1.54) is 19.3 Å². The number of alkyl halides is 6. The molecule has 5 nitrogen and oxygen atoms in total. The lowest BCUT2D eigenvalue weighted by molar-refractivity contribution is -0.188. The van der Waals surface area contributed by atoms with Crippen molar-refractivity contribution in [1.82, 2.24) is 4.90 Å². The van der Waals surface area contributed by atoms with E-state index in [4.69, 9.17) is 4.74 Å². The van der Waals surface area contributed by atoms with E-state index >= 15 is 0 Å². The van der Waals surface area contributed by atoms with Crippen molar-refractivity contribution in [3.8, 4) is 0 Å². The first-order valence-electron chi connectivity index (χ1n) is 15.3. The van der Waals surface area contributed by atoms with Crippen molar-refractivity contribution in [3.05, 3.63) is 71.0 Å². The zero-order chi connectivity index (χ0) is 33.4. The van der Waals surface area contributed by atoms with Crippen LogP contribution in [0, 0.1) is 23.7 Å². The van der Waals surface area contributed by atoms with Crippen LogP contribution >= 0.6 is 0 Å². The molecular formula is C33H42F7NO4. The van der Waals surface area contributed by atoms with Crippen LogP contribution in [0.25, 0.3) is 0 Å². The second kappa shape index (κ2) is 16.1. The van der Waals surface area contributed by atoms with Crippen LogP contribution in [0.1, 0.15) is 75.5 Å². The zero-order valence-electron chi connectivity index (χ0n) is 25.6. The second-order valence-corrected chi connectivity index (χ2v) is 12.2. The number of piperidine rings is 1. The molecule has 5 atom stereocenters. The molecule has 1 aromatic carbocycles. The highest BCUT2D eigenvalue weighted by atomic mass is 19.4. The number of allylic oxidation sites excluding steroid dienone is 4. The average Bonchev–Trinajstić information content (AvgIpc) is 3.87. The van der Waals surface area contributed by atoms with Crippen LogP contribution in [0.4, 0.5) is 30.9 Å². The second-order valence-electron chi connectivity index (χ2n) is 12.2. The summed E-state index contributed by atoms with van der Waals surface area (Å²) < 4.78 is 99.0. The van der Waals surface area contributed by atoms with Crippen LogP contribution < -0.4 is 0 Å². The molecule has 0 radical (unpaired) electrons. The van der Waals surface area contributed by atoms with Gasteiger partial charge >= 0.3 is 18.3 Å². The van der Waals surface area contributed by atoms with Gasteiger partial charge in [0.25, 0.3) is 0 Å². The number of aliphatic hydroxyl groups excluding tert-OH is 1. The standard InChI is InChI=1S/C30H36F7NO4.C3H6/c1-4-25-20(8-6-5-7-18(2)28(40)42-37)9-12-26(41-25)27-19(3)14-38(16-22(27)17-39)15-21-13-23(29(31,32)33)10-11-24(21)30(34,35)36;1-2-3-1/h4,6,8,10-11,13,18-19,22,26-27,39H,1,5,7,9,12,14-17H2,2-3H3;1-3H2/b8-6-;. The van der Waals surface area contributed by atoms with E-state index in [9.17, 15) is 40.8 Å². The summed E-state index contributed by atoms with van der Waals surface area (Å²) in [5.41, 5.74) is -1.83. The Morgan fingerprint density at radius 2 is 1.84 bits per heavy atom. The first-order chi connectivity index (χ1) is 21.2. The monoisotopic (exact) mass is 649 g/mol. The van der Waals surface area contributed by atoms with Gasteiger partial charge in [0.1, 0.15) is 11.9 Å². The zero-order valence-corrected chi connectivity index (χ0v) is 25.6. The topological polar surface area (TPSA) is 59.0 Å². The predicted octanol–water partition coefficient (Wildman–Crippen LogP) is 8.59. The third-order valence-corrected chi connectivity index (χ3v) is 8.43. The van der Waals surface area contributed by atoms with E-state index in [-0.39, 0.29) is 43.6 Å². The Balaban J connectivity index is 0.00000173. The molecule has 2 heterocycles. The number of aliphatic hydroxyl groups is 1. The van der Waals surface area contributed by atoms with Crippen LogP contribution in [0.5, 0.6) is 0 Å². The number of hydrogen-bond donors (Lipinski definition) is 1. The lowest BCUT2D eigenvalue weighted by atomic mass is 9.73. The molecule has 0 spiro atoms. The molecule has 1 saturated heterocycles. The average molecular weight is 650 g/mol. The van der Waals surface area contributed by atoms with Crippen molar-refractivity contribution in [1.29, 1.82) is 0 Å². The minimum atomic E-state index is -4.81. The van der Waals surface area contributed by atoms with Gasteiger partial charge in [-0.2, -0.15) is 26.3 Å². The number of likely N-dealkylation sites (tertiary alicyclic amines) is 1. The van der Waals surface area contributed by atoms with Gasteiger partial charge in [-0.15, -0.1) is 0 Å². The van der Waals surface area contributed by atoms with Gasteiger partial charge in [-0.05, 0) is 67.0 Å². The summed E-state index contributed by atoms with van der Waals surface area (Å²) in [6.07, 6.45) is 2.06. The first-order valence-corrected chi connectivity index (χ1v) is 15.3. The Bertz CT molecular complexity index is 1210. The molecule has 1 N–H and O–H groups in total.